The fourth-order valence-corrected chi connectivity index (χ4v) is 3.31. The van der Waals surface area contributed by atoms with E-state index >= 15 is 0 Å². The van der Waals surface area contributed by atoms with Crippen LogP contribution in [0.2, 0.25) is 0 Å². The van der Waals surface area contributed by atoms with E-state index in [1.807, 2.05) is 13.1 Å². The molecule has 0 bridgehead atoms. The van der Waals surface area contributed by atoms with Gasteiger partial charge in [0.2, 0.25) is 5.91 Å². The number of hydrogen-bond acceptors (Lipinski definition) is 4. The average Bonchev–Trinajstić information content (AvgIpc) is 2.87. The number of rotatable bonds is 9. The molecule has 0 fully saturated rings. The van der Waals surface area contributed by atoms with Crippen molar-refractivity contribution < 1.29 is 9.90 Å². The highest BCUT2D eigenvalue weighted by molar-refractivity contribution is 7.99. The summed E-state index contributed by atoms with van der Waals surface area (Å²) in [5, 5.41) is 10.7. The van der Waals surface area contributed by atoms with Gasteiger partial charge in [0.25, 0.3) is 0 Å². The van der Waals surface area contributed by atoms with Crippen molar-refractivity contribution in [1.82, 2.24) is 4.90 Å². The summed E-state index contributed by atoms with van der Waals surface area (Å²) >= 11 is 3.40. The van der Waals surface area contributed by atoms with Gasteiger partial charge in [-0.3, -0.25) is 4.79 Å². The van der Waals surface area contributed by atoms with Crippen LogP contribution in [-0.2, 0) is 10.5 Å². The molecule has 18 heavy (non-hydrogen) atoms. The van der Waals surface area contributed by atoms with Gasteiger partial charge >= 0.3 is 0 Å². The lowest BCUT2D eigenvalue weighted by Crippen LogP contribution is -2.29. The van der Waals surface area contributed by atoms with E-state index in [2.05, 4.69) is 11.4 Å². The minimum atomic E-state index is 0.195. The minimum absolute atomic E-state index is 0.195. The molecule has 1 aromatic heterocycles. The Hall–Kier alpha value is -0.520. The standard InChI is InChI=1S/C13H21NO2S2/c1-14(7-3-2-4-8-15)13(16)11-17-10-12-6-5-9-18-12/h5-6,9,15H,2-4,7-8,10-11H2,1H3. The van der Waals surface area contributed by atoms with Crippen LogP contribution in [-0.4, -0.2) is 41.9 Å². The summed E-state index contributed by atoms with van der Waals surface area (Å²) in [6, 6.07) is 4.14. The number of thioether (sulfide) groups is 1. The van der Waals surface area contributed by atoms with E-state index in [9.17, 15) is 4.79 Å². The van der Waals surface area contributed by atoms with Crippen LogP contribution in [0.4, 0.5) is 0 Å². The molecule has 0 saturated carbocycles. The predicted octanol–water partition coefficient (Wildman–Crippen LogP) is 2.60. The van der Waals surface area contributed by atoms with Crippen molar-refractivity contribution >= 4 is 29.0 Å². The van der Waals surface area contributed by atoms with Crippen LogP contribution in [0.3, 0.4) is 0 Å². The fraction of sp³-hybridized carbons (Fsp3) is 0.615. The summed E-state index contributed by atoms with van der Waals surface area (Å²) in [7, 11) is 1.85. The SMILES string of the molecule is CN(CCCCCO)C(=O)CSCc1cccs1. The second kappa shape index (κ2) is 9.42. The van der Waals surface area contributed by atoms with Crippen LogP contribution in [0.25, 0.3) is 0 Å². The van der Waals surface area contributed by atoms with Crippen LogP contribution >= 0.6 is 23.1 Å². The van der Waals surface area contributed by atoms with E-state index in [-0.39, 0.29) is 12.5 Å². The van der Waals surface area contributed by atoms with Gasteiger partial charge in [-0.05, 0) is 30.7 Å². The Morgan fingerprint density at radius 3 is 2.94 bits per heavy atom. The fourth-order valence-electron chi connectivity index (χ4n) is 1.51. The highest BCUT2D eigenvalue weighted by Crippen LogP contribution is 2.17. The van der Waals surface area contributed by atoms with Crippen molar-refractivity contribution in [3.8, 4) is 0 Å². The van der Waals surface area contributed by atoms with Crippen molar-refractivity contribution in [3.63, 3.8) is 0 Å². The number of amides is 1. The zero-order valence-corrected chi connectivity index (χ0v) is 12.4. The number of carbonyl (C=O) groups is 1. The third-order valence-corrected chi connectivity index (χ3v) is 4.65. The lowest BCUT2D eigenvalue weighted by Gasteiger charge is -2.16. The smallest absolute Gasteiger partial charge is 0.232 e. The summed E-state index contributed by atoms with van der Waals surface area (Å²) in [5.41, 5.74) is 0. The molecule has 0 aliphatic carbocycles. The first-order chi connectivity index (χ1) is 8.74. The number of thiophene rings is 1. The monoisotopic (exact) mass is 287 g/mol. The Bertz CT molecular complexity index is 328. The molecule has 0 atom stereocenters. The summed E-state index contributed by atoms with van der Waals surface area (Å²) in [4.78, 5) is 14.9. The van der Waals surface area contributed by atoms with E-state index in [0.717, 1.165) is 31.6 Å². The van der Waals surface area contributed by atoms with E-state index in [1.165, 1.54) is 4.88 Å². The molecule has 0 aliphatic heterocycles. The van der Waals surface area contributed by atoms with Gasteiger partial charge < -0.3 is 10.0 Å². The molecule has 5 heteroatoms. The Morgan fingerprint density at radius 2 is 2.28 bits per heavy atom. The zero-order chi connectivity index (χ0) is 13.2. The molecular formula is C13H21NO2S2. The average molecular weight is 287 g/mol. The molecule has 102 valence electrons. The number of unbranched alkanes of at least 4 members (excludes halogenated alkanes) is 2. The summed E-state index contributed by atoms with van der Waals surface area (Å²) in [6.07, 6.45) is 2.78. The molecule has 0 aromatic carbocycles. The van der Waals surface area contributed by atoms with Crippen molar-refractivity contribution in [2.24, 2.45) is 0 Å². The largest absolute Gasteiger partial charge is 0.396 e. The van der Waals surface area contributed by atoms with Gasteiger partial charge in [0, 0.05) is 30.8 Å². The highest BCUT2D eigenvalue weighted by atomic mass is 32.2. The first-order valence-corrected chi connectivity index (χ1v) is 8.22. The first kappa shape index (κ1) is 15.5. The second-order valence-corrected chi connectivity index (χ2v) is 6.19. The van der Waals surface area contributed by atoms with Gasteiger partial charge in [-0.1, -0.05) is 6.07 Å². The molecule has 1 rings (SSSR count). The molecule has 1 N–H and O–H groups in total. The maximum atomic E-state index is 11.8. The molecule has 0 unspecified atom stereocenters. The number of aliphatic hydroxyl groups excluding tert-OH is 1. The first-order valence-electron chi connectivity index (χ1n) is 6.19. The van der Waals surface area contributed by atoms with E-state index < -0.39 is 0 Å². The normalized spacial score (nSPS) is 10.6. The lowest BCUT2D eigenvalue weighted by molar-refractivity contribution is -0.127. The van der Waals surface area contributed by atoms with Crippen LogP contribution in [0.15, 0.2) is 17.5 Å². The van der Waals surface area contributed by atoms with Gasteiger partial charge in [-0.25, -0.2) is 0 Å². The quantitative estimate of drug-likeness (QED) is 0.710. The number of nitrogens with zero attached hydrogens (tertiary/aromatic N) is 1. The molecule has 0 aliphatic rings. The maximum absolute atomic E-state index is 11.8. The van der Waals surface area contributed by atoms with Crippen LogP contribution < -0.4 is 0 Å². The molecule has 0 spiro atoms. The van der Waals surface area contributed by atoms with E-state index in [1.54, 1.807) is 28.0 Å². The Morgan fingerprint density at radius 1 is 1.44 bits per heavy atom. The molecule has 1 amide bonds. The topological polar surface area (TPSA) is 40.5 Å². The Balaban J connectivity index is 2.08. The summed E-state index contributed by atoms with van der Waals surface area (Å²) < 4.78 is 0. The zero-order valence-electron chi connectivity index (χ0n) is 10.8. The Kier molecular flexibility index (Phi) is 8.13. The van der Waals surface area contributed by atoms with Gasteiger partial charge in [0.1, 0.15) is 0 Å². The maximum Gasteiger partial charge on any atom is 0.232 e. The van der Waals surface area contributed by atoms with Crippen LogP contribution in [0.1, 0.15) is 24.1 Å². The van der Waals surface area contributed by atoms with E-state index in [0.29, 0.717) is 5.75 Å². The minimum Gasteiger partial charge on any atom is -0.396 e. The van der Waals surface area contributed by atoms with Gasteiger partial charge in [0.15, 0.2) is 0 Å². The van der Waals surface area contributed by atoms with Crippen molar-refractivity contribution in [2.75, 3.05) is 26.0 Å². The highest BCUT2D eigenvalue weighted by Gasteiger charge is 2.08. The van der Waals surface area contributed by atoms with Gasteiger partial charge in [-0.15, -0.1) is 23.1 Å². The molecule has 1 aromatic rings. The molecule has 0 radical (unpaired) electrons. The lowest BCUT2D eigenvalue weighted by atomic mass is 10.2. The third-order valence-electron chi connectivity index (χ3n) is 2.63. The second-order valence-electron chi connectivity index (χ2n) is 4.17. The summed E-state index contributed by atoms with van der Waals surface area (Å²) in [6.45, 7) is 1.03. The Labute approximate surface area is 117 Å². The molecule has 3 nitrogen and oxygen atoms in total. The van der Waals surface area contributed by atoms with Crippen LogP contribution in [0, 0.1) is 0 Å². The predicted molar refractivity (Wildman–Crippen MR) is 79.1 cm³/mol. The van der Waals surface area contributed by atoms with E-state index in [4.69, 9.17) is 5.11 Å². The third kappa shape index (κ3) is 6.42. The summed E-state index contributed by atoms with van der Waals surface area (Å²) in [5.74, 6) is 1.66. The molecule has 0 saturated heterocycles. The van der Waals surface area contributed by atoms with Gasteiger partial charge in [0.05, 0.1) is 5.75 Å². The van der Waals surface area contributed by atoms with Crippen molar-refractivity contribution in [2.45, 2.75) is 25.0 Å². The molecule has 1 heterocycles. The van der Waals surface area contributed by atoms with Crippen LogP contribution in [0.5, 0.6) is 0 Å². The van der Waals surface area contributed by atoms with Crippen molar-refractivity contribution in [3.05, 3.63) is 22.4 Å². The number of hydrogen-bond donors (Lipinski definition) is 1. The number of carbonyl (C=O) groups excluding carboxylic acids is 1. The van der Waals surface area contributed by atoms with Gasteiger partial charge in [-0.2, -0.15) is 0 Å². The molecular weight excluding hydrogens is 266 g/mol. The van der Waals surface area contributed by atoms with Crippen molar-refractivity contribution in [1.29, 1.82) is 0 Å². The number of aliphatic hydroxyl groups is 1.